The van der Waals surface area contributed by atoms with Crippen LogP contribution in [0.4, 0.5) is 0 Å². The number of rotatable bonds is 9. The molecule has 1 atom stereocenters. The van der Waals surface area contributed by atoms with Gasteiger partial charge in [0.25, 0.3) is 0 Å². The fraction of sp³-hybridized carbons (Fsp3) is 0.231. The van der Waals surface area contributed by atoms with Gasteiger partial charge in [-0.25, -0.2) is 0 Å². The average molecular weight is 372 g/mol. The van der Waals surface area contributed by atoms with E-state index < -0.39 is 5.60 Å². The summed E-state index contributed by atoms with van der Waals surface area (Å²) < 4.78 is 6.24. The van der Waals surface area contributed by atoms with Gasteiger partial charge in [-0.1, -0.05) is 110 Å². The van der Waals surface area contributed by atoms with E-state index in [1.165, 1.54) is 16.7 Å². The molecule has 0 aromatic heterocycles. The molecule has 0 amide bonds. The molecule has 0 spiro atoms. The van der Waals surface area contributed by atoms with Crippen LogP contribution in [0, 0.1) is 5.92 Å². The molecular formula is C26H29NO. The Morgan fingerprint density at radius 1 is 0.821 bits per heavy atom. The highest BCUT2D eigenvalue weighted by Crippen LogP contribution is 2.39. The SMILES string of the molecule is COC(c1ccccc1)(c1ccccc1)C(C)CNCC=Cc1ccccc1. The van der Waals surface area contributed by atoms with Crippen LogP contribution >= 0.6 is 0 Å². The molecule has 2 nitrogen and oxygen atoms in total. The third kappa shape index (κ3) is 4.59. The number of methoxy groups -OCH3 is 1. The van der Waals surface area contributed by atoms with Crippen molar-refractivity contribution in [2.24, 2.45) is 5.92 Å². The molecule has 0 fully saturated rings. The Bertz CT molecular complexity index is 804. The molecule has 2 heteroatoms. The highest BCUT2D eigenvalue weighted by molar-refractivity contribution is 5.48. The summed E-state index contributed by atoms with van der Waals surface area (Å²) in [5.41, 5.74) is 3.09. The van der Waals surface area contributed by atoms with Crippen LogP contribution in [0.25, 0.3) is 6.08 Å². The molecule has 28 heavy (non-hydrogen) atoms. The first kappa shape index (κ1) is 20.1. The largest absolute Gasteiger partial charge is 0.368 e. The van der Waals surface area contributed by atoms with Gasteiger partial charge in [0, 0.05) is 26.1 Å². The molecule has 1 unspecified atom stereocenters. The van der Waals surface area contributed by atoms with E-state index in [0.717, 1.165) is 13.1 Å². The topological polar surface area (TPSA) is 21.3 Å². The first-order chi connectivity index (χ1) is 13.8. The Morgan fingerprint density at radius 3 is 1.82 bits per heavy atom. The number of ether oxygens (including phenoxy) is 1. The van der Waals surface area contributed by atoms with Crippen LogP contribution in [0.15, 0.2) is 97.1 Å². The number of benzene rings is 3. The van der Waals surface area contributed by atoms with E-state index in [1.807, 2.05) is 25.3 Å². The van der Waals surface area contributed by atoms with Crippen molar-refractivity contribution in [3.05, 3.63) is 114 Å². The van der Waals surface area contributed by atoms with E-state index in [1.54, 1.807) is 0 Å². The van der Waals surface area contributed by atoms with Crippen LogP contribution in [0.5, 0.6) is 0 Å². The van der Waals surface area contributed by atoms with E-state index in [4.69, 9.17) is 4.74 Å². The van der Waals surface area contributed by atoms with Gasteiger partial charge in [-0.05, 0) is 16.7 Å². The molecule has 0 bridgehead atoms. The summed E-state index contributed by atoms with van der Waals surface area (Å²) in [4.78, 5) is 0. The summed E-state index contributed by atoms with van der Waals surface area (Å²) in [5.74, 6) is 0.243. The van der Waals surface area contributed by atoms with Gasteiger partial charge in [0.15, 0.2) is 0 Å². The number of nitrogens with one attached hydrogen (secondary N) is 1. The molecule has 0 saturated carbocycles. The quantitative estimate of drug-likeness (QED) is 0.500. The molecule has 144 valence electrons. The van der Waals surface area contributed by atoms with Crippen molar-refractivity contribution in [1.82, 2.24) is 5.32 Å². The lowest BCUT2D eigenvalue weighted by Crippen LogP contribution is -2.42. The van der Waals surface area contributed by atoms with Crippen LogP contribution in [-0.2, 0) is 10.3 Å². The fourth-order valence-electron chi connectivity index (χ4n) is 3.83. The Labute approximate surface area is 168 Å². The minimum absolute atomic E-state index is 0.243. The van der Waals surface area contributed by atoms with Crippen molar-refractivity contribution >= 4 is 6.08 Å². The number of hydrogen-bond donors (Lipinski definition) is 1. The Balaban J connectivity index is 1.74. The van der Waals surface area contributed by atoms with E-state index in [-0.39, 0.29) is 5.92 Å². The molecular weight excluding hydrogens is 342 g/mol. The maximum atomic E-state index is 6.24. The molecule has 0 aliphatic rings. The molecule has 0 aliphatic carbocycles. The van der Waals surface area contributed by atoms with E-state index in [2.05, 4.69) is 97.2 Å². The minimum atomic E-state index is -0.487. The van der Waals surface area contributed by atoms with Crippen molar-refractivity contribution in [3.63, 3.8) is 0 Å². The lowest BCUT2D eigenvalue weighted by Gasteiger charge is -2.39. The fourth-order valence-corrected chi connectivity index (χ4v) is 3.83. The predicted molar refractivity (Wildman–Crippen MR) is 118 cm³/mol. The molecule has 3 aromatic rings. The second-order valence-electron chi connectivity index (χ2n) is 7.04. The van der Waals surface area contributed by atoms with E-state index >= 15 is 0 Å². The van der Waals surface area contributed by atoms with Gasteiger partial charge in [-0.15, -0.1) is 0 Å². The molecule has 0 saturated heterocycles. The monoisotopic (exact) mass is 371 g/mol. The molecule has 3 rings (SSSR count). The van der Waals surface area contributed by atoms with Crippen LogP contribution < -0.4 is 5.32 Å². The standard InChI is InChI=1S/C26H29NO/c1-22(21-27-20-12-15-23-13-6-3-7-14-23)26(28-2,24-16-8-4-9-17-24)25-18-10-5-11-19-25/h3-19,22,27H,20-21H2,1-2H3. The second-order valence-corrected chi connectivity index (χ2v) is 7.04. The maximum absolute atomic E-state index is 6.24. The average Bonchev–Trinajstić information content (AvgIpc) is 2.77. The number of hydrogen-bond acceptors (Lipinski definition) is 2. The zero-order valence-electron chi connectivity index (χ0n) is 16.7. The van der Waals surface area contributed by atoms with Gasteiger partial charge >= 0.3 is 0 Å². The van der Waals surface area contributed by atoms with Gasteiger partial charge in [0.2, 0.25) is 0 Å². The van der Waals surface area contributed by atoms with Crippen LogP contribution in [-0.4, -0.2) is 20.2 Å². The Morgan fingerprint density at radius 2 is 1.32 bits per heavy atom. The molecule has 0 radical (unpaired) electrons. The summed E-state index contributed by atoms with van der Waals surface area (Å²) in [6.07, 6.45) is 4.32. The van der Waals surface area contributed by atoms with Crippen molar-refractivity contribution in [2.75, 3.05) is 20.2 Å². The van der Waals surface area contributed by atoms with Gasteiger partial charge in [-0.3, -0.25) is 0 Å². The minimum Gasteiger partial charge on any atom is -0.368 e. The summed E-state index contributed by atoms with van der Waals surface area (Å²) in [6.45, 7) is 3.91. The lowest BCUT2D eigenvalue weighted by molar-refractivity contribution is -0.0228. The first-order valence-electron chi connectivity index (χ1n) is 9.86. The normalized spacial score (nSPS) is 12.9. The second kappa shape index (κ2) is 10.0. The maximum Gasteiger partial charge on any atom is 0.121 e. The smallest absolute Gasteiger partial charge is 0.121 e. The Kier molecular flexibility index (Phi) is 7.18. The summed E-state index contributed by atoms with van der Waals surface area (Å²) in [5, 5.41) is 3.57. The van der Waals surface area contributed by atoms with E-state index in [0.29, 0.717) is 0 Å². The lowest BCUT2D eigenvalue weighted by atomic mass is 9.76. The highest BCUT2D eigenvalue weighted by atomic mass is 16.5. The van der Waals surface area contributed by atoms with Gasteiger partial charge in [0.05, 0.1) is 0 Å². The Hall–Kier alpha value is -2.68. The third-order valence-corrected chi connectivity index (χ3v) is 5.24. The van der Waals surface area contributed by atoms with Crippen molar-refractivity contribution in [3.8, 4) is 0 Å². The van der Waals surface area contributed by atoms with Crippen LogP contribution in [0.1, 0.15) is 23.6 Å². The van der Waals surface area contributed by atoms with Gasteiger partial charge in [0.1, 0.15) is 5.60 Å². The van der Waals surface area contributed by atoms with Crippen molar-refractivity contribution in [2.45, 2.75) is 12.5 Å². The van der Waals surface area contributed by atoms with Gasteiger partial charge in [-0.2, -0.15) is 0 Å². The highest BCUT2D eigenvalue weighted by Gasteiger charge is 2.39. The molecule has 3 aromatic carbocycles. The van der Waals surface area contributed by atoms with E-state index in [9.17, 15) is 0 Å². The third-order valence-electron chi connectivity index (χ3n) is 5.24. The van der Waals surface area contributed by atoms with Crippen molar-refractivity contribution in [1.29, 1.82) is 0 Å². The zero-order valence-corrected chi connectivity index (χ0v) is 16.7. The molecule has 0 heterocycles. The summed E-state index contributed by atoms with van der Waals surface area (Å²) in [6, 6.07) is 31.4. The van der Waals surface area contributed by atoms with Crippen molar-refractivity contribution < 1.29 is 4.74 Å². The molecule has 1 N–H and O–H groups in total. The van der Waals surface area contributed by atoms with Crippen LogP contribution in [0.2, 0.25) is 0 Å². The summed E-state index contributed by atoms with van der Waals surface area (Å²) in [7, 11) is 1.81. The predicted octanol–water partition coefficient (Wildman–Crippen LogP) is 5.52. The molecule has 0 aliphatic heterocycles. The van der Waals surface area contributed by atoms with Crippen LogP contribution in [0.3, 0.4) is 0 Å². The van der Waals surface area contributed by atoms with Gasteiger partial charge < -0.3 is 10.1 Å². The summed E-state index contributed by atoms with van der Waals surface area (Å²) >= 11 is 0. The zero-order chi connectivity index (χ0) is 19.7. The first-order valence-corrected chi connectivity index (χ1v) is 9.86.